The molecular formula is C32H40N2O3. The summed E-state index contributed by atoms with van der Waals surface area (Å²) in [5.74, 6) is 0.984. The second kappa shape index (κ2) is 13.6. The fourth-order valence-electron chi connectivity index (χ4n) is 4.12. The van der Waals surface area contributed by atoms with Crippen molar-refractivity contribution in [1.82, 2.24) is 10.2 Å². The highest BCUT2D eigenvalue weighted by Crippen LogP contribution is 2.20. The number of hydrogen-bond acceptors (Lipinski definition) is 3. The average molecular weight is 501 g/mol. The summed E-state index contributed by atoms with van der Waals surface area (Å²) in [7, 11) is 0. The van der Waals surface area contributed by atoms with Crippen molar-refractivity contribution in [2.75, 3.05) is 13.2 Å². The highest BCUT2D eigenvalue weighted by atomic mass is 16.5. The zero-order valence-corrected chi connectivity index (χ0v) is 22.7. The van der Waals surface area contributed by atoms with Crippen molar-refractivity contribution in [3.63, 3.8) is 0 Å². The topological polar surface area (TPSA) is 58.6 Å². The lowest BCUT2D eigenvalue weighted by Crippen LogP contribution is -2.52. The molecule has 0 aliphatic rings. The fourth-order valence-corrected chi connectivity index (χ4v) is 4.12. The van der Waals surface area contributed by atoms with E-state index in [2.05, 4.69) is 33.0 Å². The first-order valence-corrected chi connectivity index (χ1v) is 13.1. The maximum absolute atomic E-state index is 13.7. The fraction of sp³-hybridized carbons (Fsp3) is 0.375. The Hall–Kier alpha value is -3.60. The van der Waals surface area contributed by atoms with Crippen molar-refractivity contribution in [2.24, 2.45) is 5.92 Å². The molecule has 3 aromatic rings. The number of ether oxygens (including phenoxy) is 1. The van der Waals surface area contributed by atoms with Crippen LogP contribution in [-0.4, -0.2) is 35.9 Å². The SMILES string of the molecule is Cc1ccccc1CN(C(=O)COc1ccc(C(C)C)cc1)[C@H](Cc1ccccc1)C(=O)NCC(C)C. The smallest absolute Gasteiger partial charge is 0.261 e. The highest BCUT2D eigenvalue weighted by molar-refractivity contribution is 5.88. The van der Waals surface area contributed by atoms with Crippen LogP contribution in [0.5, 0.6) is 5.75 Å². The molecule has 5 heteroatoms. The number of carbonyl (C=O) groups is 2. The summed E-state index contributed by atoms with van der Waals surface area (Å²) in [5.41, 5.74) is 4.29. The molecule has 0 spiro atoms. The first kappa shape index (κ1) is 28.0. The van der Waals surface area contributed by atoms with Crippen molar-refractivity contribution in [3.05, 3.63) is 101 Å². The molecule has 3 aromatic carbocycles. The van der Waals surface area contributed by atoms with E-state index in [1.165, 1.54) is 5.56 Å². The van der Waals surface area contributed by atoms with E-state index in [9.17, 15) is 9.59 Å². The van der Waals surface area contributed by atoms with Crippen LogP contribution in [0.2, 0.25) is 0 Å². The standard InChI is InChI=1S/C32H40N2O3/c1-23(2)20-33-32(36)30(19-26-12-7-6-8-13-26)34(21-28-14-10-9-11-25(28)5)31(35)22-37-29-17-15-27(16-18-29)24(3)4/h6-18,23-24,30H,19-22H2,1-5H3,(H,33,36)/t30-/m1/s1. The quantitative estimate of drug-likeness (QED) is 0.336. The first-order valence-electron chi connectivity index (χ1n) is 13.1. The first-order chi connectivity index (χ1) is 17.7. The molecular weight excluding hydrogens is 460 g/mol. The number of amides is 2. The van der Waals surface area contributed by atoms with Gasteiger partial charge in [-0.1, -0.05) is 94.4 Å². The number of nitrogens with one attached hydrogen (secondary N) is 1. The third-order valence-corrected chi connectivity index (χ3v) is 6.47. The molecule has 0 radical (unpaired) electrons. The van der Waals surface area contributed by atoms with E-state index in [1.807, 2.05) is 85.8 Å². The molecule has 0 heterocycles. The number of nitrogens with zero attached hydrogens (tertiary/aromatic N) is 1. The van der Waals surface area contributed by atoms with Gasteiger partial charge in [0.1, 0.15) is 11.8 Å². The van der Waals surface area contributed by atoms with Crippen LogP contribution < -0.4 is 10.1 Å². The van der Waals surface area contributed by atoms with Gasteiger partial charge in [0, 0.05) is 19.5 Å². The molecule has 0 saturated heterocycles. The van der Waals surface area contributed by atoms with Gasteiger partial charge in [0.25, 0.3) is 5.91 Å². The van der Waals surface area contributed by atoms with Crippen molar-refractivity contribution in [1.29, 1.82) is 0 Å². The van der Waals surface area contributed by atoms with E-state index in [0.717, 1.165) is 16.7 Å². The van der Waals surface area contributed by atoms with E-state index in [0.29, 0.717) is 37.1 Å². The molecule has 1 atom stereocenters. The van der Waals surface area contributed by atoms with Crippen LogP contribution in [-0.2, 0) is 22.6 Å². The molecule has 2 amide bonds. The molecule has 3 rings (SSSR count). The largest absolute Gasteiger partial charge is 0.484 e. The summed E-state index contributed by atoms with van der Waals surface area (Å²) in [6, 6.07) is 25.0. The zero-order valence-electron chi connectivity index (χ0n) is 22.7. The minimum Gasteiger partial charge on any atom is -0.484 e. The van der Waals surface area contributed by atoms with E-state index in [-0.39, 0.29) is 18.4 Å². The van der Waals surface area contributed by atoms with Gasteiger partial charge in [-0.25, -0.2) is 0 Å². The Kier molecular flexibility index (Phi) is 10.3. The summed E-state index contributed by atoms with van der Waals surface area (Å²) in [6.07, 6.45) is 0.422. The number of rotatable bonds is 12. The summed E-state index contributed by atoms with van der Waals surface area (Å²) < 4.78 is 5.91. The number of aryl methyl sites for hydroxylation is 1. The van der Waals surface area contributed by atoms with E-state index in [4.69, 9.17) is 4.74 Å². The van der Waals surface area contributed by atoms with Crippen molar-refractivity contribution in [2.45, 2.75) is 59.5 Å². The average Bonchev–Trinajstić information content (AvgIpc) is 2.89. The number of carbonyl (C=O) groups excluding carboxylic acids is 2. The molecule has 196 valence electrons. The van der Waals surface area contributed by atoms with Gasteiger partial charge >= 0.3 is 0 Å². The molecule has 0 aromatic heterocycles. The van der Waals surface area contributed by atoms with Crippen LogP contribution in [0, 0.1) is 12.8 Å². The second-order valence-electron chi connectivity index (χ2n) is 10.3. The Balaban J connectivity index is 1.88. The van der Waals surface area contributed by atoms with Gasteiger partial charge in [-0.15, -0.1) is 0 Å². The van der Waals surface area contributed by atoms with Crippen molar-refractivity contribution >= 4 is 11.8 Å². The van der Waals surface area contributed by atoms with Gasteiger partial charge in [0.05, 0.1) is 0 Å². The van der Waals surface area contributed by atoms with E-state index in [1.54, 1.807) is 4.90 Å². The molecule has 37 heavy (non-hydrogen) atoms. The minimum absolute atomic E-state index is 0.143. The van der Waals surface area contributed by atoms with Gasteiger partial charge in [0.15, 0.2) is 6.61 Å². The molecule has 0 unspecified atom stereocenters. The summed E-state index contributed by atoms with van der Waals surface area (Å²) >= 11 is 0. The maximum atomic E-state index is 13.7. The Morgan fingerprint density at radius 1 is 0.865 bits per heavy atom. The summed E-state index contributed by atoms with van der Waals surface area (Å²) in [4.78, 5) is 28.9. The van der Waals surface area contributed by atoms with Gasteiger partial charge in [-0.2, -0.15) is 0 Å². The summed E-state index contributed by atoms with van der Waals surface area (Å²) in [5, 5.41) is 3.06. The van der Waals surface area contributed by atoms with Gasteiger partial charge < -0.3 is 15.0 Å². The van der Waals surface area contributed by atoms with E-state index >= 15 is 0 Å². The predicted octanol–water partition coefficient (Wildman–Crippen LogP) is 5.91. The van der Waals surface area contributed by atoms with Crippen molar-refractivity contribution < 1.29 is 14.3 Å². The van der Waals surface area contributed by atoms with Gasteiger partial charge in [-0.05, 0) is 53.1 Å². The normalized spacial score (nSPS) is 11.9. The predicted molar refractivity (Wildman–Crippen MR) is 150 cm³/mol. The van der Waals surface area contributed by atoms with Gasteiger partial charge in [-0.3, -0.25) is 9.59 Å². The number of hydrogen-bond donors (Lipinski definition) is 1. The van der Waals surface area contributed by atoms with Crippen LogP contribution in [0.1, 0.15) is 55.9 Å². The number of benzene rings is 3. The van der Waals surface area contributed by atoms with Crippen LogP contribution >= 0.6 is 0 Å². The summed E-state index contributed by atoms with van der Waals surface area (Å²) in [6.45, 7) is 11.1. The Bertz CT molecular complexity index is 1140. The Morgan fingerprint density at radius 2 is 1.51 bits per heavy atom. The van der Waals surface area contributed by atoms with Crippen LogP contribution in [0.4, 0.5) is 0 Å². The third-order valence-electron chi connectivity index (χ3n) is 6.47. The van der Waals surface area contributed by atoms with Gasteiger partial charge in [0.2, 0.25) is 5.91 Å². The lowest BCUT2D eigenvalue weighted by Gasteiger charge is -2.32. The van der Waals surface area contributed by atoms with Crippen LogP contribution in [0.15, 0.2) is 78.9 Å². The molecule has 0 saturated carbocycles. The van der Waals surface area contributed by atoms with E-state index < -0.39 is 6.04 Å². The van der Waals surface area contributed by atoms with Crippen LogP contribution in [0.3, 0.4) is 0 Å². The molecule has 5 nitrogen and oxygen atoms in total. The molecule has 0 aliphatic carbocycles. The highest BCUT2D eigenvalue weighted by Gasteiger charge is 2.31. The Morgan fingerprint density at radius 3 is 2.14 bits per heavy atom. The molecule has 1 N–H and O–H groups in total. The van der Waals surface area contributed by atoms with Crippen LogP contribution in [0.25, 0.3) is 0 Å². The maximum Gasteiger partial charge on any atom is 0.261 e. The monoisotopic (exact) mass is 500 g/mol. The lowest BCUT2D eigenvalue weighted by molar-refractivity contribution is -0.142. The van der Waals surface area contributed by atoms with Crippen molar-refractivity contribution in [3.8, 4) is 5.75 Å². The molecule has 0 aliphatic heterocycles. The Labute approximate surface area is 221 Å². The third kappa shape index (κ3) is 8.49. The zero-order chi connectivity index (χ0) is 26.8. The lowest BCUT2D eigenvalue weighted by atomic mass is 10.0. The minimum atomic E-state index is -0.667. The second-order valence-corrected chi connectivity index (χ2v) is 10.3. The molecule has 0 bridgehead atoms. The molecule has 0 fully saturated rings.